The summed E-state index contributed by atoms with van der Waals surface area (Å²) in [6.45, 7) is 4.06. The lowest BCUT2D eigenvalue weighted by Gasteiger charge is -2.28. The minimum atomic E-state index is -6.28. The highest BCUT2D eigenvalue weighted by molar-refractivity contribution is 6.71. The average Bonchev–Trinajstić information content (AvgIpc) is 2.42. The number of carbonyl (C=O) groups is 1. The van der Waals surface area contributed by atoms with E-state index in [9.17, 15) is 44.3 Å². The minimum absolute atomic E-state index is 0.309. The maximum absolute atomic E-state index is 13.6. The maximum Gasteiger partial charge on any atom is 0.453 e. The standard InChI is InChI=1S/C15H23F9O3Si/c1-10(7-28(3,4)26-2)11(25)27-6-5-12(16,17)8-13(18,19)9-14(20,21)15(22,23)24/h10H,5-9H2,1-4H3. The summed E-state index contributed by atoms with van der Waals surface area (Å²) >= 11 is 0. The van der Waals surface area contributed by atoms with E-state index < -0.39 is 70.0 Å². The van der Waals surface area contributed by atoms with Gasteiger partial charge in [0.05, 0.1) is 25.4 Å². The lowest BCUT2D eigenvalue weighted by Crippen LogP contribution is -2.43. The quantitative estimate of drug-likeness (QED) is 0.232. The van der Waals surface area contributed by atoms with E-state index in [1.165, 1.54) is 14.0 Å². The van der Waals surface area contributed by atoms with Crippen molar-refractivity contribution in [3.63, 3.8) is 0 Å². The molecule has 0 amide bonds. The Balaban J connectivity index is 4.67. The van der Waals surface area contributed by atoms with Crippen molar-refractivity contribution in [2.75, 3.05) is 13.7 Å². The Morgan fingerprint density at radius 1 is 0.929 bits per heavy atom. The Labute approximate surface area is 157 Å². The molecule has 0 rings (SSSR count). The highest BCUT2D eigenvalue weighted by Gasteiger charge is 2.62. The second-order valence-electron chi connectivity index (χ2n) is 7.25. The lowest BCUT2D eigenvalue weighted by molar-refractivity contribution is -0.304. The Morgan fingerprint density at radius 2 is 1.43 bits per heavy atom. The molecule has 0 aromatic carbocycles. The van der Waals surface area contributed by atoms with Gasteiger partial charge in [0.15, 0.2) is 8.32 Å². The summed E-state index contributed by atoms with van der Waals surface area (Å²) in [5.74, 6) is -16.7. The van der Waals surface area contributed by atoms with E-state index in [1.54, 1.807) is 13.1 Å². The molecular weight excluding hydrogens is 427 g/mol. The molecule has 13 heteroatoms. The van der Waals surface area contributed by atoms with Crippen LogP contribution in [-0.4, -0.2) is 51.9 Å². The van der Waals surface area contributed by atoms with Gasteiger partial charge in [-0.25, -0.2) is 17.6 Å². The summed E-state index contributed by atoms with van der Waals surface area (Å²) in [5.41, 5.74) is 0. The van der Waals surface area contributed by atoms with Crippen molar-refractivity contribution in [2.45, 2.75) is 69.3 Å². The molecule has 0 saturated carbocycles. The molecular formula is C15H23F9O3Si. The van der Waals surface area contributed by atoms with Crippen LogP contribution in [-0.2, 0) is 14.0 Å². The van der Waals surface area contributed by atoms with Crippen LogP contribution in [0, 0.1) is 5.92 Å². The number of carbonyl (C=O) groups excluding carboxylic acids is 1. The summed E-state index contributed by atoms with van der Waals surface area (Å²) in [4.78, 5) is 11.7. The third kappa shape index (κ3) is 9.48. The lowest BCUT2D eigenvalue weighted by atomic mass is 10.0. The van der Waals surface area contributed by atoms with Crippen LogP contribution in [0.25, 0.3) is 0 Å². The van der Waals surface area contributed by atoms with Gasteiger partial charge in [-0.3, -0.25) is 4.79 Å². The molecule has 0 radical (unpaired) electrons. The Bertz CT molecular complexity index is 521. The van der Waals surface area contributed by atoms with Crippen LogP contribution in [0.2, 0.25) is 19.1 Å². The molecule has 1 atom stereocenters. The van der Waals surface area contributed by atoms with Crippen molar-refractivity contribution in [3.8, 4) is 0 Å². The summed E-state index contributed by atoms with van der Waals surface area (Å²) < 4.78 is 125. The molecule has 28 heavy (non-hydrogen) atoms. The van der Waals surface area contributed by atoms with E-state index >= 15 is 0 Å². The van der Waals surface area contributed by atoms with Gasteiger partial charge in [0.2, 0.25) is 0 Å². The zero-order valence-corrected chi connectivity index (χ0v) is 16.7. The third-order valence-electron chi connectivity index (χ3n) is 3.88. The van der Waals surface area contributed by atoms with Gasteiger partial charge in [-0.1, -0.05) is 6.92 Å². The molecule has 0 fully saturated rings. The largest absolute Gasteiger partial charge is 0.465 e. The highest BCUT2D eigenvalue weighted by Crippen LogP contribution is 2.46. The second-order valence-corrected chi connectivity index (χ2v) is 11.6. The van der Waals surface area contributed by atoms with Crippen molar-refractivity contribution < 1.29 is 53.5 Å². The van der Waals surface area contributed by atoms with Crippen molar-refractivity contribution in [3.05, 3.63) is 0 Å². The monoisotopic (exact) mass is 450 g/mol. The summed E-state index contributed by atoms with van der Waals surface area (Å²) in [6.07, 6.45) is -13.3. The van der Waals surface area contributed by atoms with Gasteiger partial charge in [-0.15, -0.1) is 0 Å². The molecule has 0 N–H and O–H groups in total. The average molecular weight is 450 g/mol. The number of rotatable bonds is 11. The molecule has 0 saturated heterocycles. The number of alkyl halides is 9. The van der Waals surface area contributed by atoms with E-state index in [2.05, 4.69) is 4.74 Å². The molecule has 0 bridgehead atoms. The summed E-state index contributed by atoms with van der Waals surface area (Å²) in [6, 6.07) is 0.309. The van der Waals surface area contributed by atoms with Crippen LogP contribution in [0.3, 0.4) is 0 Å². The molecule has 0 aliphatic rings. The first-order valence-electron chi connectivity index (χ1n) is 8.16. The van der Waals surface area contributed by atoms with Crippen LogP contribution in [0.1, 0.15) is 26.2 Å². The molecule has 0 aromatic heterocycles. The molecule has 3 nitrogen and oxygen atoms in total. The predicted molar refractivity (Wildman–Crippen MR) is 84.2 cm³/mol. The van der Waals surface area contributed by atoms with Crippen molar-refractivity contribution >= 4 is 14.3 Å². The van der Waals surface area contributed by atoms with E-state index in [0.717, 1.165) is 0 Å². The molecule has 168 valence electrons. The van der Waals surface area contributed by atoms with Crippen LogP contribution < -0.4 is 0 Å². The van der Waals surface area contributed by atoms with Crippen LogP contribution >= 0.6 is 0 Å². The zero-order chi connectivity index (χ0) is 22.6. The van der Waals surface area contributed by atoms with Gasteiger partial charge >= 0.3 is 18.1 Å². The number of halogens is 9. The Morgan fingerprint density at radius 3 is 1.86 bits per heavy atom. The van der Waals surface area contributed by atoms with E-state index in [-0.39, 0.29) is 0 Å². The van der Waals surface area contributed by atoms with E-state index in [0.29, 0.717) is 6.04 Å². The SMILES string of the molecule is CO[Si](C)(C)CC(C)C(=O)OCCC(F)(F)CC(F)(F)CC(F)(F)C(F)(F)F. The molecule has 0 aliphatic carbocycles. The van der Waals surface area contributed by atoms with Crippen LogP contribution in [0.4, 0.5) is 39.5 Å². The normalized spacial score (nSPS) is 15.5. The minimum Gasteiger partial charge on any atom is -0.465 e. The first-order chi connectivity index (χ1) is 12.2. The molecule has 0 spiro atoms. The van der Waals surface area contributed by atoms with Crippen LogP contribution in [0.15, 0.2) is 0 Å². The molecule has 0 aromatic rings. The summed E-state index contributed by atoms with van der Waals surface area (Å²) in [7, 11) is -0.708. The fraction of sp³-hybridized carbons (Fsp3) is 0.933. The highest BCUT2D eigenvalue weighted by atomic mass is 28.4. The number of hydrogen-bond acceptors (Lipinski definition) is 3. The van der Waals surface area contributed by atoms with Crippen LogP contribution in [0.5, 0.6) is 0 Å². The van der Waals surface area contributed by atoms with E-state index in [1.807, 2.05) is 0 Å². The molecule has 0 aliphatic heterocycles. The van der Waals surface area contributed by atoms with Gasteiger partial charge in [0.1, 0.15) is 0 Å². The zero-order valence-electron chi connectivity index (χ0n) is 15.7. The van der Waals surface area contributed by atoms with Gasteiger partial charge < -0.3 is 9.16 Å². The number of ether oxygens (including phenoxy) is 1. The van der Waals surface area contributed by atoms with Crippen molar-refractivity contribution in [2.24, 2.45) is 5.92 Å². The van der Waals surface area contributed by atoms with Gasteiger partial charge in [0.25, 0.3) is 11.8 Å². The number of hydrogen-bond donors (Lipinski definition) is 0. The van der Waals surface area contributed by atoms with Gasteiger partial charge in [-0.2, -0.15) is 22.0 Å². The third-order valence-corrected chi connectivity index (χ3v) is 6.58. The summed E-state index contributed by atoms with van der Waals surface area (Å²) in [5, 5.41) is 0. The Kier molecular flexibility index (Phi) is 8.90. The van der Waals surface area contributed by atoms with E-state index in [4.69, 9.17) is 4.43 Å². The first kappa shape index (κ1) is 27.0. The predicted octanol–water partition coefficient (Wildman–Crippen LogP) is 5.66. The van der Waals surface area contributed by atoms with Gasteiger partial charge in [0, 0.05) is 13.5 Å². The maximum atomic E-state index is 13.6. The smallest absolute Gasteiger partial charge is 0.453 e. The fourth-order valence-electron chi connectivity index (χ4n) is 2.30. The molecule has 1 unspecified atom stereocenters. The fourth-order valence-corrected chi connectivity index (χ4v) is 4.11. The first-order valence-corrected chi connectivity index (χ1v) is 11.3. The van der Waals surface area contributed by atoms with Gasteiger partial charge in [-0.05, 0) is 19.1 Å². The Hall–Kier alpha value is -0.983. The van der Waals surface area contributed by atoms with Crippen molar-refractivity contribution in [1.29, 1.82) is 0 Å². The topological polar surface area (TPSA) is 35.5 Å². The second kappa shape index (κ2) is 9.22. The molecule has 0 heterocycles. The number of esters is 1. The van der Waals surface area contributed by atoms with Crippen molar-refractivity contribution in [1.82, 2.24) is 0 Å².